The molecule has 1 aliphatic carbocycles. The van der Waals surface area contributed by atoms with Crippen LogP contribution in [0.5, 0.6) is 0 Å². The minimum Gasteiger partial charge on any atom is -0.463 e. The highest BCUT2D eigenvalue weighted by Crippen LogP contribution is 2.52. The summed E-state index contributed by atoms with van der Waals surface area (Å²) in [4.78, 5) is 16.6. The van der Waals surface area contributed by atoms with Gasteiger partial charge in [-0.05, 0) is 40.3 Å². The van der Waals surface area contributed by atoms with Crippen molar-refractivity contribution in [2.45, 2.75) is 12.1 Å². The van der Waals surface area contributed by atoms with Gasteiger partial charge in [-0.25, -0.2) is 4.79 Å². The maximum Gasteiger partial charge on any atom is 0.349 e. The zero-order valence-electron chi connectivity index (χ0n) is 15.9. The van der Waals surface area contributed by atoms with Crippen LogP contribution in [0.1, 0.15) is 15.3 Å². The molecule has 1 aliphatic heterocycles. The van der Waals surface area contributed by atoms with Crippen molar-refractivity contribution in [3.8, 4) is 0 Å². The Morgan fingerprint density at radius 1 is 1.00 bits per heavy atom. The van der Waals surface area contributed by atoms with Gasteiger partial charge in [0.1, 0.15) is 0 Å². The van der Waals surface area contributed by atoms with E-state index < -0.39 is 11.6 Å². The van der Waals surface area contributed by atoms with Gasteiger partial charge in [0.15, 0.2) is 0 Å². The lowest BCUT2D eigenvalue weighted by molar-refractivity contribution is -0.162. The molecule has 2 unspecified atom stereocenters. The van der Waals surface area contributed by atoms with E-state index in [-0.39, 0.29) is 0 Å². The van der Waals surface area contributed by atoms with Gasteiger partial charge in [-0.15, -0.1) is 22.7 Å². The summed E-state index contributed by atoms with van der Waals surface area (Å²) >= 11 is 2.75. The van der Waals surface area contributed by atoms with Crippen LogP contribution in [0.15, 0.2) is 65.4 Å². The molecule has 29 heavy (non-hydrogen) atoms. The number of hydrogen-bond acceptors (Lipinski definition) is 6. The van der Waals surface area contributed by atoms with Crippen LogP contribution in [0, 0.1) is 17.8 Å². The molecule has 2 aromatic heterocycles. The predicted molar refractivity (Wildman–Crippen MR) is 115 cm³/mol. The normalized spacial score (nSPS) is 23.7. The Bertz CT molecular complexity index is 909. The van der Waals surface area contributed by atoms with E-state index in [0.29, 0.717) is 34.1 Å². The molecule has 2 atom stereocenters. The number of carbonyl (C=O) groups is 1. The Labute approximate surface area is 178 Å². The average molecular weight is 426 g/mol. The van der Waals surface area contributed by atoms with Gasteiger partial charge in [0, 0.05) is 25.6 Å². The monoisotopic (exact) mass is 425 g/mol. The number of carbonyl (C=O) groups excluding carboxylic acids is 1. The molecule has 2 fully saturated rings. The van der Waals surface area contributed by atoms with Gasteiger partial charge in [0.05, 0.1) is 16.4 Å². The minimum absolute atomic E-state index is 0.395. The van der Waals surface area contributed by atoms with Gasteiger partial charge in [0.2, 0.25) is 5.60 Å². The van der Waals surface area contributed by atoms with E-state index in [1.54, 1.807) is 12.1 Å². The lowest BCUT2D eigenvalue weighted by atomic mass is 10.00. The van der Waals surface area contributed by atoms with Crippen molar-refractivity contribution in [1.29, 1.82) is 0 Å². The number of ether oxygens (including phenoxy) is 1. The molecule has 4 nitrogen and oxygen atoms in total. The van der Waals surface area contributed by atoms with E-state index in [9.17, 15) is 9.90 Å². The average Bonchev–Trinajstić information content (AvgIpc) is 3.32. The zero-order chi connectivity index (χ0) is 19.8. The highest BCUT2D eigenvalue weighted by Gasteiger charge is 2.56. The molecule has 1 saturated heterocycles. The number of aliphatic hydroxyl groups is 1. The third-order valence-electron chi connectivity index (χ3n) is 6.15. The predicted octanol–water partition coefficient (Wildman–Crippen LogP) is 3.97. The van der Waals surface area contributed by atoms with Crippen molar-refractivity contribution in [2.75, 3.05) is 19.7 Å². The third-order valence-corrected chi connectivity index (χ3v) is 8.11. The Hall–Kier alpha value is -1.99. The van der Waals surface area contributed by atoms with Crippen molar-refractivity contribution >= 4 is 28.6 Å². The second-order valence-corrected chi connectivity index (χ2v) is 9.83. The summed E-state index contributed by atoms with van der Waals surface area (Å²) in [5, 5.41) is 15.0. The maximum atomic E-state index is 12.9. The van der Waals surface area contributed by atoms with Crippen LogP contribution in [-0.4, -0.2) is 35.7 Å². The SMILES string of the molecule is O=C(OCC1C2CN(Cc3ccccc3)CC12)C(O)(c1cccs1)c1cccs1. The fourth-order valence-electron chi connectivity index (χ4n) is 4.52. The van der Waals surface area contributed by atoms with Gasteiger partial charge in [0.25, 0.3) is 0 Å². The lowest BCUT2D eigenvalue weighted by Gasteiger charge is -2.24. The van der Waals surface area contributed by atoms with Crippen LogP contribution < -0.4 is 0 Å². The van der Waals surface area contributed by atoms with Crippen LogP contribution in [0.2, 0.25) is 0 Å². The van der Waals surface area contributed by atoms with Crippen LogP contribution in [0.4, 0.5) is 0 Å². The van der Waals surface area contributed by atoms with E-state index in [1.807, 2.05) is 29.0 Å². The smallest absolute Gasteiger partial charge is 0.349 e. The molecule has 0 bridgehead atoms. The summed E-state index contributed by atoms with van der Waals surface area (Å²) < 4.78 is 5.67. The molecular weight excluding hydrogens is 402 g/mol. The molecule has 1 aromatic carbocycles. The van der Waals surface area contributed by atoms with Crippen molar-refractivity contribution < 1.29 is 14.6 Å². The first-order chi connectivity index (χ1) is 14.2. The van der Waals surface area contributed by atoms with Gasteiger partial charge < -0.3 is 9.84 Å². The number of rotatable bonds is 7. The molecule has 1 saturated carbocycles. The van der Waals surface area contributed by atoms with Gasteiger partial charge in [-0.1, -0.05) is 42.5 Å². The molecule has 0 spiro atoms. The number of piperidine rings is 1. The first kappa shape index (κ1) is 19.0. The van der Waals surface area contributed by atoms with Crippen LogP contribution in [0.25, 0.3) is 0 Å². The number of esters is 1. The summed E-state index contributed by atoms with van der Waals surface area (Å²) in [6.07, 6.45) is 0. The van der Waals surface area contributed by atoms with E-state index in [0.717, 1.165) is 19.6 Å². The Balaban J connectivity index is 1.18. The number of fused-ring (bicyclic) bond motifs is 1. The van der Waals surface area contributed by atoms with E-state index in [1.165, 1.54) is 28.2 Å². The Morgan fingerprint density at radius 2 is 1.62 bits per heavy atom. The second-order valence-electron chi connectivity index (χ2n) is 7.93. The Morgan fingerprint density at radius 3 is 2.17 bits per heavy atom. The molecular formula is C23H23NO3S2. The number of hydrogen-bond donors (Lipinski definition) is 1. The fourth-order valence-corrected chi connectivity index (χ4v) is 6.24. The van der Waals surface area contributed by atoms with Gasteiger partial charge >= 0.3 is 5.97 Å². The summed E-state index contributed by atoms with van der Waals surface area (Å²) in [6, 6.07) is 17.8. The van der Waals surface area contributed by atoms with Crippen LogP contribution >= 0.6 is 22.7 Å². The van der Waals surface area contributed by atoms with Gasteiger partial charge in [-0.2, -0.15) is 0 Å². The summed E-state index contributed by atoms with van der Waals surface area (Å²) in [5.41, 5.74) is -0.361. The van der Waals surface area contributed by atoms with Crippen molar-refractivity contribution in [3.63, 3.8) is 0 Å². The lowest BCUT2D eigenvalue weighted by Crippen LogP contribution is -2.37. The van der Waals surface area contributed by atoms with Crippen molar-refractivity contribution in [1.82, 2.24) is 4.90 Å². The highest BCUT2D eigenvalue weighted by atomic mass is 32.1. The summed E-state index contributed by atoms with van der Waals surface area (Å²) in [6.45, 7) is 3.49. The fraction of sp³-hybridized carbons (Fsp3) is 0.348. The quantitative estimate of drug-likeness (QED) is 0.582. The van der Waals surface area contributed by atoms with Crippen molar-refractivity contribution in [3.05, 3.63) is 80.7 Å². The number of nitrogens with zero attached hydrogens (tertiary/aromatic N) is 1. The maximum absolute atomic E-state index is 12.9. The number of likely N-dealkylation sites (tertiary alicyclic amines) is 1. The first-order valence-corrected chi connectivity index (χ1v) is 11.7. The molecule has 3 heterocycles. The van der Waals surface area contributed by atoms with Crippen LogP contribution in [-0.2, 0) is 21.7 Å². The topological polar surface area (TPSA) is 49.8 Å². The van der Waals surface area contributed by atoms with E-state index >= 15 is 0 Å². The molecule has 150 valence electrons. The number of thiophene rings is 2. The van der Waals surface area contributed by atoms with E-state index in [4.69, 9.17) is 4.74 Å². The largest absolute Gasteiger partial charge is 0.463 e. The Kier molecular flexibility index (Phi) is 5.04. The molecule has 5 rings (SSSR count). The molecule has 0 radical (unpaired) electrons. The molecule has 2 aliphatic rings. The first-order valence-electron chi connectivity index (χ1n) is 9.90. The van der Waals surface area contributed by atoms with E-state index in [2.05, 4.69) is 29.2 Å². The molecule has 0 amide bonds. The summed E-state index contributed by atoms with van der Waals surface area (Å²) in [7, 11) is 0. The second kappa shape index (κ2) is 7.69. The standard InChI is InChI=1S/C23H23NO3S2/c25-22(23(26,20-8-4-10-28-20)21-9-5-11-29-21)27-15-19-17-13-24(14-18(17)19)12-16-6-2-1-3-7-16/h1-11,17-19,26H,12-15H2. The molecule has 3 aromatic rings. The molecule has 1 N–H and O–H groups in total. The van der Waals surface area contributed by atoms with Crippen LogP contribution in [0.3, 0.4) is 0 Å². The zero-order valence-corrected chi connectivity index (χ0v) is 17.6. The molecule has 6 heteroatoms. The van der Waals surface area contributed by atoms with Crippen molar-refractivity contribution in [2.24, 2.45) is 17.8 Å². The number of benzene rings is 1. The summed E-state index contributed by atoms with van der Waals surface area (Å²) in [5.74, 6) is 1.06. The van der Waals surface area contributed by atoms with Gasteiger partial charge in [-0.3, -0.25) is 4.90 Å². The third kappa shape index (κ3) is 3.55. The highest BCUT2D eigenvalue weighted by molar-refractivity contribution is 7.12. The minimum atomic E-state index is -1.70.